The maximum atomic E-state index is 8.68. The Kier molecular flexibility index (Phi) is 8.27. The standard InChI is InChI=1S/C22H26BrCl2NO3/c1-13(23)22(2,15-6-7-17(24)18(25)11-15)12-16(26)8-14-9-19(27-3)21(29-5)20(10-14)28-4/h6-7,9-11,13,26H,8,12H2,1-5H3. The summed E-state index contributed by atoms with van der Waals surface area (Å²) in [6.45, 7) is 4.20. The van der Waals surface area contributed by atoms with Gasteiger partial charge in [-0.25, -0.2) is 0 Å². The van der Waals surface area contributed by atoms with E-state index in [1.54, 1.807) is 27.4 Å². The summed E-state index contributed by atoms with van der Waals surface area (Å²) in [5.41, 5.74) is 2.21. The molecule has 2 rings (SSSR count). The van der Waals surface area contributed by atoms with Gasteiger partial charge in [0.05, 0.1) is 31.4 Å². The molecule has 0 aliphatic rings. The van der Waals surface area contributed by atoms with Crippen molar-refractivity contribution in [3.63, 3.8) is 0 Å². The summed E-state index contributed by atoms with van der Waals surface area (Å²) in [5, 5.41) is 9.72. The van der Waals surface area contributed by atoms with Crippen LogP contribution in [0.15, 0.2) is 30.3 Å². The van der Waals surface area contributed by atoms with Crippen molar-refractivity contribution in [1.82, 2.24) is 0 Å². The molecule has 1 N–H and O–H groups in total. The number of ether oxygens (including phenoxy) is 3. The second-order valence-electron chi connectivity index (χ2n) is 7.15. The normalized spacial score (nSPS) is 14.1. The molecule has 0 fully saturated rings. The van der Waals surface area contributed by atoms with Gasteiger partial charge >= 0.3 is 0 Å². The van der Waals surface area contributed by atoms with Gasteiger partial charge in [-0.1, -0.05) is 59.0 Å². The zero-order valence-electron chi connectivity index (χ0n) is 17.2. The van der Waals surface area contributed by atoms with Gasteiger partial charge in [0.15, 0.2) is 11.5 Å². The van der Waals surface area contributed by atoms with Crippen LogP contribution in [0.3, 0.4) is 0 Å². The van der Waals surface area contributed by atoms with E-state index in [0.29, 0.717) is 45.8 Å². The Morgan fingerprint density at radius 2 is 1.62 bits per heavy atom. The van der Waals surface area contributed by atoms with Crippen molar-refractivity contribution in [3.8, 4) is 17.2 Å². The SMILES string of the molecule is COc1cc(CC(=N)CC(C)(c2ccc(Cl)c(Cl)c2)C(C)Br)cc(OC)c1OC. The van der Waals surface area contributed by atoms with Crippen molar-refractivity contribution in [2.75, 3.05) is 21.3 Å². The Hall–Kier alpha value is -1.43. The Balaban J connectivity index is 2.31. The second-order valence-corrected chi connectivity index (χ2v) is 9.34. The fourth-order valence-corrected chi connectivity index (χ4v) is 4.04. The Morgan fingerprint density at radius 3 is 2.07 bits per heavy atom. The molecule has 0 radical (unpaired) electrons. The summed E-state index contributed by atoms with van der Waals surface area (Å²) < 4.78 is 16.2. The molecule has 0 saturated carbocycles. The van der Waals surface area contributed by atoms with Gasteiger partial charge in [-0.3, -0.25) is 0 Å². The number of benzene rings is 2. The average molecular weight is 503 g/mol. The summed E-state index contributed by atoms with van der Waals surface area (Å²) in [6, 6.07) is 9.41. The predicted molar refractivity (Wildman–Crippen MR) is 124 cm³/mol. The number of alkyl halides is 1. The molecular formula is C22H26BrCl2NO3. The topological polar surface area (TPSA) is 51.5 Å². The third-order valence-electron chi connectivity index (χ3n) is 5.18. The van der Waals surface area contributed by atoms with Gasteiger partial charge in [-0.15, -0.1) is 0 Å². The highest BCUT2D eigenvalue weighted by molar-refractivity contribution is 9.09. The molecule has 2 aromatic rings. The molecule has 0 aliphatic heterocycles. The van der Waals surface area contributed by atoms with Crippen LogP contribution in [-0.2, 0) is 11.8 Å². The number of halogens is 3. The van der Waals surface area contributed by atoms with E-state index in [4.69, 9.17) is 42.8 Å². The Morgan fingerprint density at radius 1 is 1.03 bits per heavy atom. The summed E-state index contributed by atoms with van der Waals surface area (Å²) in [6.07, 6.45) is 1.02. The van der Waals surface area contributed by atoms with Crippen molar-refractivity contribution in [2.24, 2.45) is 0 Å². The van der Waals surface area contributed by atoms with E-state index in [2.05, 4.69) is 29.8 Å². The zero-order chi connectivity index (χ0) is 21.8. The molecule has 7 heteroatoms. The molecule has 4 nitrogen and oxygen atoms in total. The molecule has 0 aromatic heterocycles. The van der Waals surface area contributed by atoms with Crippen LogP contribution in [0, 0.1) is 5.41 Å². The third kappa shape index (κ3) is 5.39. The first-order chi connectivity index (χ1) is 13.7. The van der Waals surface area contributed by atoms with Crippen molar-refractivity contribution in [2.45, 2.75) is 36.9 Å². The highest BCUT2D eigenvalue weighted by Gasteiger charge is 2.33. The number of hydrogen-bond donors (Lipinski definition) is 1. The van der Waals surface area contributed by atoms with Crippen LogP contribution in [0.2, 0.25) is 10.0 Å². The van der Waals surface area contributed by atoms with Gasteiger partial charge < -0.3 is 19.6 Å². The molecule has 158 valence electrons. The van der Waals surface area contributed by atoms with Crippen LogP contribution >= 0.6 is 39.1 Å². The fourth-order valence-electron chi connectivity index (χ4n) is 3.31. The molecule has 0 aliphatic carbocycles. The van der Waals surface area contributed by atoms with Crippen molar-refractivity contribution in [1.29, 1.82) is 5.41 Å². The molecule has 2 aromatic carbocycles. The zero-order valence-corrected chi connectivity index (χ0v) is 20.3. The van der Waals surface area contributed by atoms with E-state index >= 15 is 0 Å². The third-order valence-corrected chi connectivity index (χ3v) is 6.93. The number of hydrogen-bond acceptors (Lipinski definition) is 4. The molecule has 0 saturated heterocycles. The number of nitrogens with one attached hydrogen (secondary N) is 1. The van der Waals surface area contributed by atoms with Crippen LogP contribution in [0.25, 0.3) is 0 Å². The van der Waals surface area contributed by atoms with E-state index < -0.39 is 0 Å². The van der Waals surface area contributed by atoms with Gasteiger partial charge in [-0.05, 0) is 41.8 Å². The summed E-state index contributed by atoms with van der Waals surface area (Å²) in [4.78, 5) is 0.118. The first-order valence-corrected chi connectivity index (χ1v) is 10.8. The van der Waals surface area contributed by atoms with Crippen LogP contribution < -0.4 is 14.2 Å². The minimum absolute atomic E-state index is 0.118. The quantitative estimate of drug-likeness (QED) is 0.306. The molecule has 0 heterocycles. The molecule has 0 amide bonds. The molecule has 2 atom stereocenters. The first kappa shape index (κ1) is 23.8. The van der Waals surface area contributed by atoms with E-state index in [0.717, 1.165) is 11.1 Å². The molecule has 2 unspecified atom stereocenters. The second kappa shape index (κ2) is 10.1. The van der Waals surface area contributed by atoms with Gasteiger partial charge in [-0.2, -0.15) is 0 Å². The molecule has 29 heavy (non-hydrogen) atoms. The fraction of sp³-hybridized carbons (Fsp3) is 0.409. The lowest BCUT2D eigenvalue weighted by molar-refractivity contribution is 0.324. The van der Waals surface area contributed by atoms with Crippen molar-refractivity contribution < 1.29 is 14.2 Å². The highest BCUT2D eigenvalue weighted by Crippen LogP contribution is 2.40. The monoisotopic (exact) mass is 501 g/mol. The average Bonchev–Trinajstić information content (AvgIpc) is 2.68. The summed E-state index contributed by atoms with van der Waals surface area (Å²) in [5.74, 6) is 1.70. The van der Waals surface area contributed by atoms with Crippen LogP contribution in [0.4, 0.5) is 0 Å². The van der Waals surface area contributed by atoms with E-state index in [9.17, 15) is 0 Å². The summed E-state index contributed by atoms with van der Waals surface area (Å²) >= 11 is 16.1. The lowest BCUT2D eigenvalue weighted by Gasteiger charge is -2.34. The maximum absolute atomic E-state index is 8.68. The van der Waals surface area contributed by atoms with Crippen molar-refractivity contribution in [3.05, 3.63) is 51.5 Å². The summed E-state index contributed by atoms with van der Waals surface area (Å²) in [7, 11) is 4.74. The number of methoxy groups -OCH3 is 3. The highest BCUT2D eigenvalue weighted by atomic mass is 79.9. The van der Waals surface area contributed by atoms with Crippen LogP contribution in [0.5, 0.6) is 17.2 Å². The largest absolute Gasteiger partial charge is 0.493 e. The Labute approximate surface area is 191 Å². The smallest absolute Gasteiger partial charge is 0.203 e. The van der Waals surface area contributed by atoms with E-state index in [1.165, 1.54) is 0 Å². The molecular weight excluding hydrogens is 477 g/mol. The van der Waals surface area contributed by atoms with Gasteiger partial charge in [0.2, 0.25) is 5.75 Å². The lowest BCUT2D eigenvalue weighted by Crippen LogP contribution is -2.34. The minimum Gasteiger partial charge on any atom is -0.493 e. The van der Waals surface area contributed by atoms with Gasteiger partial charge in [0.25, 0.3) is 0 Å². The molecule has 0 spiro atoms. The Bertz CT molecular complexity index is 863. The van der Waals surface area contributed by atoms with Gasteiger partial charge in [0.1, 0.15) is 0 Å². The van der Waals surface area contributed by atoms with Crippen LogP contribution in [-0.4, -0.2) is 31.9 Å². The van der Waals surface area contributed by atoms with Crippen molar-refractivity contribution >= 4 is 44.8 Å². The maximum Gasteiger partial charge on any atom is 0.203 e. The van der Waals surface area contributed by atoms with Gasteiger partial charge in [0, 0.05) is 22.4 Å². The van der Waals surface area contributed by atoms with Crippen LogP contribution in [0.1, 0.15) is 31.4 Å². The lowest BCUT2D eigenvalue weighted by atomic mass is 9.75. The van der Waals surface area contributed by atoms with E-state index in [-0.39, 0.29) is 10.2 Å². The molecule has 0 bridgehead atoms. The predicted octanol–water partition coefficient (Wildman–Crippen LogP) is 6.71. The minimum atomic E-state index is -0.327. The number of rotatable bonds is 9. The van der Waals surface area contributed by atoms with E-state index in [1.807, 2.05) is 24.3 Å². The first-order valence-electron chi connectivity index (χ1n) is 9.11.